The van der Waals surface area contributed by atoms with E-state index in [1.807, 2.05) is 19.1 Å². The number of hydrogen-bond acceptors (Lipinski definition) is 9. The van der Waals surface area contributed by atoms with E-state index in [0.29, 0.717) is 16.9 Å². The van der Waals surface area contributed by atoms with Crippen LogP contribution in [0, 0.1) is 17.0 Å². The fraction of sp³-hybridized carbons (Fsp3) is 0.172. The summed E-state index contributed by atoms with van der Waals surface area (Å²) in [5.74, 6) is -1.43. The molecule has 13 nitrogen and oxygen atoms in total. The molecule has 2 heterocycles. The lowest BCUT2D eigenvalue weighted by atomic mass is 10.1. The second kappa shape index (κ2) is 12.2. The first kappa shape index (κ1) is 29.0. The quantitative estimate of drug-likeness (QED) is 0.0761. The number of hydrogen-bond donors (Lipinski definition) is 1. The number of amides is 2. The first-order valence-corrected chi connectivity index (χ1v) is 13.4. The van der Waals surface area contributed by atoms with Crippen LogP contribution in [-0.4, -0.2) is 44.0 Å². The smallest absolute Gasteiger partial charge is 0.307 e. The largest absolute Gasteiger partial charge is 0.862 e. The predicted octanol–water partition coefficient (Wildman–Crippen LogP) is 2.95. The highest BCUT2D eigenvalue weighted by Gasteiger charge is 2.45. The van der Waals surface area contributed by atoms with E-state index >= 15 is 0 Å². The van der Waals surface area contributed by atoms with Crippen LogP contribution in [0.5, 0.6) is 0 Å². The van der Waals surface area contributed by atoms with Crippen molar-refractivity contribution in [2.45, 2.75) is 25.9 Å². The topological polar surface area (TPSA) is 161 Å². The van der Waals surface area contributed by atoms with Crippen LogP contribution in [0.25, 0.3) is 0 Å². The number of rotatable bonds is 9. The predicted molar refractivity (Wildman–Crippen MR) is 157 cm³/mol. The van der Waals surface area contributed by atoms with E-state index in [1.54, 1.807) is 54.4 Å². The lowest BCUT2D eigenvalue weighted by Gasteiger charge is -2.24. The molecule has 4 aromatic rings. The maximum atomic E-state index is 13.8. The molecular weight excluding hydrogens is 574 g/mol. The van der Waals surface area contributed by atoms with Crippen LogP contribution >= 0.6 is 12.2 Å². The SMILES string of the molecule is Cc1ccc(N2C(=O)C(CC([O-])=Nc3ccc([N+](=O)[O-])cc3)N(Cc3c(NC(=O)c4ccccc4)on[n+]3C)C2=S)cc1. The number of nitro benzene ring substituents is 1. The third-order valence-electron chi connectivity index (χ3n) is 6.78. The van der Waals surface area contributed by atoms with E-state index in [2.05, 4.69) is 15.6 Å². The number of aliphatic imine (C=N–C) groups is 1. The zero-order chi connectivity index (χ0) is 30.7. The van der Waals surface area contributed by atoms with Gasteiger partial charge < -0.3 is 10.0 Å². The Morgan fingerprint density at radius 3 is 2.44 bits per heavy atom. The number of nitrogens with one attached hydrogen (secondary N) is 1. The number of aryl methyl sites for hydroxylation is 2. The molecule has 0 saturated carbocycles. The first-order valence-electron chi connectivity index (χ1n) is 13.0. The van der Waals surface area contributed by atoms with Gasteiger partial charge in [0.05, 0.1) is 16.3 Å². The number of nitro groups is 1. The molecule has 0 bridgehead atoms. The van der Waals surface area contributed by atoms with Crippen molar-refractivity contribution in [2.75, 3.05) is 10.2 Å². The molecule has 1 N–H and O–H groups in total. The zero-order valence-corrected chi connectivity index (χ0v) is 23.9. The Labute approximate surface area is 250 Å². The fourth-order valence-corrected chi connectivity index (χ4v) is 4.88. The van der Waals surface area contributed by atoms with Crippen molar-refractivity contribution in [3.05, 3.63) is 106 Å². The van der Waals surface area contributed by atoms with Gasteiger partial charge in [0.1, 0.15) is 12.6 Å². The van der Waals surface area contributed by atoms with Gasteiger partial charge in [-0.25, -0.2) is 0 Å². The minimum atomic E-state index is -1.05. The van der Waals surface area contributed by atoms with Crippen molar-refractivity contribution in [3.8, 4) is 0 Å². The van der Waals surface area contributed by atoms with Gasteiger partial charge >= 0.3 is 5.88 Å². The molecule has 0 radical (unpaired) electrons. The Morgan fingerprint density at radius 1 is 1.12 bits per heavy atom. The second-order valence-electron chi connectivity index (χ2n) is 9.71. The molecular formula is C29H25N7O6S. The van der Waals surface area contributed by atoms with Crippen molar-refractivity contribution < 1.29 is 28.8 Å². The van der Waals surface area contributed by atoms with Crippen LogP contribution in [0.3, 0.4) is 0 Å². The van der Waals surface area contributed by atoms with E-state index in [4.69, 9.17) is 16.7 Å². The minimum absolute atomic E-state index is 0.0349. The number of benzene rings is 3. The molecule has 3 aromatic carbocycles. The molecule has 1 saturated heterocycles. The summed E-state index contributed by atoms with van der Waals surface area (Å²) >= 11 is 5.75. The molecule has 0 aliphatic carbocycles. The fourth-order valence-electron chi connectivity index (χ4n) is 4.50. The summed E-state index contributed by atoms with van der Waals surface area (Å²) in [4.78, 5) is 44.0. The second-order valence-corrected chi connectivity index (χ2v) is 10.1. The molecule has 2 amide bonds. The molecule has 43 heavy (non-hydrogen) atoms. The van der Waals surface area contributed by atoms with Crippen LogP contribution in [-0.2, 0) is 18.4 Å². The Hall–Kier alpha value is -5.50. The summed E-state index contributed by atoms with van der Waals surface area (Å²) in [6, 6.07) is 19.9. The molecule has 1 aliphatic heterocycles. The highest BCUT2D eigenvalue weighted by molar-refractivity contribution is 7.80. The van der Waals surface area contributed by atoms with E-state index in [-0.39, 0.29) is 35.3 Å². The van der Waals surface area contributed by atoms with Crippen molar-refractivity contribution in [3.63, 3.8) is 0 Å². The molecule has 1 atom stereocenters. The molecule has 1 aromatic heterocycles. The lowest BCUT2D eigenvalue weighted by molar-refractivity contribution is -0.746. The highest BCUT2D eigenvalue weighted by Crippen LogP contribution is 2.30. The minimum Gasteiger partial charge on any atom is -0.862 e. The Bertz CT molecular complexity index is 1720. The van der Waals surface area contributed by atoms with Crippen LogP contribution in [0.1, 0.15) is 28.0 Å². The van der Waals surface area contributed by atoms with Crippen molar-refractivity contribution in [1.29, 1.82) is 0 Å². The van der Waals surface area contributed by atoms with Gasteiger partial charge in [-0.05, 0) is 66.1 Å². The van der Waals surface area contributed by atoms with E-state index in [9.17, 15) is 24.8 Å². The molecule has 1 aliphatic rings. The third kappa shape index (κ3) is 6.23. The monoisotopic (exact) mass is 599 g/mol. The summed E-state index contributed by atoms with van der Waals surface area (Å²) < 4.78 is 6.79. The Kier molecular flexibility index (Phi) is 8.20. The van der Waals surface area contributed by atoms with Gasteiger partial charge in [0.15, 0.2) is 12.2 Å². The van der Waals surface area contributed by atoms with Gasteiger partial charge in [-0.2, -0.15) is 0 Å². The number of non-ortho nitro benzene ring substituents is 1. The Morgan fingerprint density at radius 2 is 1.79 bits per heavy atom. The molecule has 218 valence electrons. The number of anilines is 2. The summed E-state index contributed by atoms with van der Waals surface area (Å²) in [5, 5.41) is 30.8. The van der Waals surface area contributed by atoms with E-state index in [0.717, 1.165) is 5.56 Å². The number of carbonyl (C=O) groups is 2. The molecule has 1 unspecified atom stereocenters. The van der Waals surface area contributed by atoms with E-state index < -0.39 is 28.7 Å². The van der Waals surface area contributed by atoms with Gasteiger partial charge in [0.2, 0.25) is 5.27 Å². The average molecular weight is 600 g/mol. The number of nitrogens with zero attached hydrogens (tertiary/aromatic N) is 6. The number of carbonyl (C=O) groups excluding carboxylic acids is 2. The van der Waals surface area contributed by atoms with Crippen LogP contribution in [0.15, 0.2) is 88.4 Å². The van der Waals surface area contributed by atoms with Crippen molar-refractivity contribution in [2.24, 2.45) is 12.0 Å². The number of aromatic nitrogens is 2. The van der Waals surface area contributed by atoms with Gasteiger partial charge in [0.25, 0.3) is 23.2 Å². The number of thiocarbonyl (C=S) groups is 1. The van der Waals surface area contributed by atoms with Crippen LogP contribution in [0.2, 0.25) is 0 Å². The third-order valence-corrected chi connectivity index (χ3v) is 7.20. The van der Waals surface area contributed by atoms with Crippen molar-refractivity contribution >= 4 is 58.0 Å². The maximum absolute atomic E-state index is 13.8. The first-order chi connectivity index (χ1) is 20.6. The summed E-state index contributed by atoms with van der Waals surface area (Å²) in [7, 11) is 1.61. The van der Waals surface area contributed by atoms with E-state index in [1.165, 1.54) is 33.8 Å². The summed E-state index contributed by atoms with van der Waals surface area (Å²) in [5.41, 5.74) is 2.39. The zero-order valence-electron chi connectivity index (χ0n) is 23.0. The van der Waals surface area contributed by atoms with Gasteiger partial charge in [-0.3, -0.25) is 39.4 Å². The normalized spacial score (nSPS) is 15.2. The standard InChI is InChI=1S/C29H25N7O6S/c1-18-8-12-21(13-9-18)35-28(39)23(16-25(37)30-20-10-14-22(15-11-20)36(40)41)34(29(35)43)17-24-27(42-32-33(24)2)31-26(38)19-6-4-3-5-7-19/h3-15,23H,16-17H2,1-2H3,(H-,30,31,32,37,38). The van der Waals surface area contributed by atoms with Gasteiger partial charge in [-0.15, -0.1) is 0 Å². The Balaban J connectivity index is 1.45. The van der Waals surface area contributed by atoms with Gasteiger partial charge in [0, 0.05) is 24.1 Å². The molecule has 5 rings (SSSR count). The highest BCUT2D eigenvalue weighted by atomic mass is 32.1. The maximum Gasteiger partial charge on any atom is 0.307 e. The molecule has 14 heteroatoms. The molecule has 0 spiro atoms. The van der Waals surface area contributed by atoms with Crippen molar-refractivity contribution in [1.82, 2.24) is 10.2 Å². The summed E-state index contributed by atoms with van der Waals surface area (Å²) in [6.45, 7) is 1.88. The lowest BCUT2D eigenvalue weighted by Crippen LogP contribution is -2.43. The van der Waals surface area contributed by atoms with Gasteiger partial charge in [-0.1, -0.05) is 35.9 Å². The van der Waals surface area contributed by atoms with Crippen LogP contribution < -0.4 is 20.0 Å². The molecule has 1 fully saturated rings. The summed E-state index contributed by atoms with van der Waals surface area (Å²) in [6.07, 6.45) is -0.334. The van der Waals surface area contributed by atoms with Crippen LogP contribution in [0.4, 0.5) is 22.9 Å². The average Bonchev–Trinajstić information content (AvgIpc) is 3.45.